The summed E-state index contributed by atoms with van der Waals surface area (Å²) in [7, 11) is 4.69. The minimum Gasteiger partial charge on any atom is -0.497 e. The number of carbonyl (C=O) groups excluding carboxylic acids is 1. The number of amides is 1. The van der Waals surface area contributed by atoms with Crippen LogP contribution in [0.25, 0.3) is 5.69 Å². The fraction of sp³-hybridized carbons (Fsp3) is 0.207. The van der Waals surface area contributed by atoms with E-state index in [1.165, 1.54) is 7.11 Å². The smallest absolute Gasteiger partial charge is 0.250 e. The standard InChI is InChI=1S/C29H29N5O4S/c1-36-18-26(35)31-23-17-20(12-13-25(23)38-3)34-28(27(32-29(34)39)22-10-4-5-14-30-22)24-11-7-15-33(24)19-8-6-9-21(16-19)37-2/h4-17,27-28H,18H2,1-3H3,(H,31,35)(H,32,39)/t27-,28+/m0/s1. The Kier molecular flexibility index (Phi) is 7.76. The summed E-state index contributed by atoms with van der Waals surface area (Å²) in [4.78, 5) is 19.1. The molecule has 1 aliphatic heterocycles. The first-order valence-electron chi connectivity index (χ1n) is 12.3. The lowest BCUT2D eigenvalue weighted by Gasteiger charge is -2.29. The number of thiocarbonyl (C=S) groups is 1. The zero-order valence-electron chi connectivity index (χ0n) is 21.8. The van der Waals surface area contributed by atoms with E-state index in [-0.39, 0.29) is 24.6 Å². The molecular weight excluding hydrogens is 514 g/mol. The fourth-order valence-corrected chi connectivity index (χ4v) is 5.17. The van der Waals surface area contributed by atoms with Gasteiger partial charge in [-0.25, -0.2) is 0 Å². The third-order valence-corrected chi connectivity index (χ3v) is 6.84. The molecular formula is C29H29N5O4S. The van der Waals surface area contributed by atoms with Crippen molar-refractivity contribution >= 4 is 34.6 Å². The van der Waals surface area contributed by atoms with Crippen LogP contribution >= 0.6 is 12.2 Å². The van der Waals surface area contributed by atoms with Gasteiger partial charge in [-0.3, -0.25) is 9.78 Å². The third-order valence-electron chi connectivity index (χ3n) is 6.52. The van der Waals surface area contributed by atoms with Gasteiger partial charge in [0, 0.05) is 42.6 Å². The minimum atomic E-state index is -0.287. The Morgan fingerprint density at radius 1 is 1.00 bits per heavy atom. The number of pyridine rings is 1. The molecule has 2 aromatic heterocycles. The summed E-state index contributed by atoms with van der Waals surface area (Å²) in [5.41, 5.74) is 4.10. The lowest BCUT2D eigenvalue weighted by atomic mass is 10.0. The first-order valence-corrected chi connectivity index (χ1v) is 12.7. The van der Waals surface area contributed by atoms with E-state index in [0.717, 1.165) is 28.5 Å². The molecule has 2 aromatic carbocycles. The van der Waals surface area contributed by atoms with Gasteiger partial charge >= 0.3 is 0 Å². The van der Waals surface area contributed by atoms with Crippen molar-refractivity contribution in [3.05, 3.63) is 96.6 Å². The van der Waals surface area contributed by atoms with Crippen molar-refractivity contribution in [3.63, 3.8) is 0 Å². The van der Waals surface area contributed by atoms with Crippen LogP contribution in [0.5, 0.6) is 11.5 Å². The molecule has 0 bridgehead atoms. The van der Waals surface area contributed by atoms with Crippen molar-refractivity contribution in [2.24, 2.45) is 0 Å². The van der Waals surface area contributed by atoms with Crippen LogP contribution in [0.3, 0.4) is 0 Å². The Bertz CT molecular complexity index is 1480. The first-order chi connectivity index (χ1) is 19.0. The van der Waals surface area contributed by atoms with E-state index < -0.39 is 0 Å². The van der Waals surface area contributed by atoms with Crippen LogP contribution in [-0.4, -0.2) is 48.5 Å². The zero-order valence-corrected chi connectivity index (χ0v) is 22.6. The molecule has 9 nitrogen and oxygen atoms in total. The Hall–Kier alpha value is -4.41. The molecule has 39 heavy (non-hydrogen) atoms. The van der Waals surface area contributed by atoms with Gasteiger partial charge in [-0.15, -0.1) is 0 Å². The van der Waals surface area contributed by atoms with Gasteiger partial charge in [0.05, 0.1) is 31.6 Å². The van der Waals surface area contributed by atoms with Crippen LogP contribution in [0, 0.1) is 0 Å². The summed E-state index contributed by atoms with van der Waals surface area (Å²) in [5.74, 6) is 1.00. The van der Waals surface area contributed by atoms with E-state index in [4.69, 9.17) is 26.4 Å². The topological polar surface area (TPSA) is 89.9 Å². The second-order valence-corrected chi connectivity index (χ2v) is 9.25. The van der Waals surface area contributed by atoms with E-state index in [1.807, 2.05) is 77.8 Å². The number of methoxy groups -OCH3 is 3. The summed E-state index contributed by atoms with van der Waals surface area (Å²) in [6.45, 7) is -0.0739. The average molecular weight is 544 g/mol. The number of hydrogen-bond acceptors (Lipinski definition) is 6. The number of benzene rings is 2. The van der Waals surface area contributed by atoms with Crippen molar-refractivity contribution < 1.29 is 19.0 Å². The lowest BCUT2D eigenvalue weighted by molar-refractivity contribution is -0.119. The van der Waals surface area contributed by atoms with Crippen LogP contribution in [-0.2, 0) is 9.53 Å². The normalized spacial score (nSPS) is 16.6. The van der Waals surface area contributed by atoms with E-state index in [2.05, 4.69) is 26.3 Å². The van der Waals surface area contributed by atoms with Gasteiger partial charge in [0.25, 0.3) is 0 Å². The molecule has 1 saturated heterocycles. The van der Waals surface area contributed by atoms with Gasteiger partial charge in [-0.05, 0) is 66.8 Å². The molecule has 1 amide bonds. The maximum atomic E-state index is 12.4. The summed E-state index contributed by atoms with van der Waals surface area (Å²) >= 11 is 5.90. The van der Waals surface area contributed by atoms with Gasteiger partial charge in [0.2, 0.25) is 5.91 Å². The maximum Gasteiger partial charge on any atom is 0.250 e. The highest BCUT2D eigenvalue weighted by atomic mass is 32.1. The van der Waals surface area contributed by atoms with Crippen LogP contribution in [0.1, 0.15) is 23.5 Å². The SMILES string of the molecule is COCC(=O)Nc1cc(N2C(=S)N[C@@H](c3ccccn3)[C@H]2c2cccn2-c2cccc(OC)c2)ccc1OC. The molecule has 4 aromatic rings. The van der Waals surface area contributed by atoms with E-state index in [1.54, 1.807) is 20.4 Å². The highest BCUT2D eigenvalue weighted by Gasteiger charge is 2.42. The van der Waals surface area contributed by atoms with Crippen molar-refractivity contribution in [1.29, 1.82) is 0 Å². The van der Waals surface area contributed by atoms with Crippen LogP contribution in [0.15, 0.2) is 85.2 Å². The number of rotatable bonds is 9. The van der Waals surface area contributed by atoms with Gasteiger partial charge in [-0.2, -0.15) is 0 Å². The quantitative estimate of drug-likeness (QED) is 0.295. The van der Waals surface area contributed by atoms with Crippen molar-refractivity contribution in [3.8, 4) is 17.2 Å². The van der Waals surface area contributed by atoms with Gasteiger partial charge in [0.1, 0.15) is 24.1 Å². The Morgan fingerprint density at radius 2 is 1.87 bits per heavy atom. The Morgan fingerprint density at radius 3 is 2.62 bits per heavy atom. The van der Waals surface area contributed by atoms with Crippen LogP contribution in [0.4, 0.5) is 11.4 Å². The summed E-state index contributed by atoms with van der Waals surface area (Å²) in [5, 5.41) is 6.89. The molecule has 0 saturated carbocycles. The second kappa shape index (κ2) is 11.5. The maximum absolute atomic E-state index is 12.4. The predicted molar refractivity (Wildman–Crippen MR) is 154 cm³/mol. The third kappa shape index (κ3) is 5.29. The molecule has 3 heterocycles. The number of nitrogens with one attached hydrogen (secondary N) is 2. The average Bonchev–Trinajstić information content (AvgIpc) is 3.58. The second-order valence-electron chi connectivity index (χ2n) is 8.87. The van der Waals surface area contributed by atoms with Gasteiger partial charge in [-0.1, -0.05) is 12.1 Å². The summed E-state index contributed by atoms with van der Waals surface area (Å²) < 4.78 is 18.1. The van der Waals surface area contributed by atoms with E-state index >= 15 is 0 Å². The fourth-order valence-electron chi connectivity index (χ4n) is 4.82. The van der Waals surface area contributed by atoms with Gasteiger partial charge in [0.15, 0.2) is 5.11 Å². The zero-order chi connectivity index (χ0) is 27.4. The molecule has 1 fully saturated rings. The number of hydrogen-bond donors (Lipinski definition) is 2. The molecule has 2 atom stereocenters. The molecule has 2 N–H and O–H groups in total. The van der Waals surface area contributed by atoms with Crippen molar-refractivity contribution in [2.75, 3.05) is 38.2 Å². The van der Waals surface area contributed by atoms with Gasteiger partial charge < -0.3 is 34.3 Å². The number of ether oxygens (including phenoxy) is 3. The molecule has 0 spiro atoms. The number of nitrogens with zero attached hydrogens (tertiary/aromatic N) is 3. The lowest BCUT2D eigenvalue weighted by Crippen LogP contribution is -2.30. The summed E-state index contributed by atoms with van der Waals surface area (Å²) in [6, 6.07) is 22.9. The summed E-state index contributed by atoms with van der Waals surface area (Å²) in [6.07, 6.45) is 3.79. The van der Waals surface area contributed by atoms with E-state index in [0.29, 0.717) is 16.5 Å². The molecule has 10 heteroatoms. The van der Waals surface area contributed by atoms with Crippen LogP contribution in [0.2, 0.25) is 0 Å². The molecule has 0 unspecified atom stereocenters. The molecule has 5 rings (SSSR count). The van der Waals surface area contributed by atoms with E-state index in [9.17, 15) is 4.79 Å². The molecule has 0 radical (unpaired) electrons. The number of carbonyl (C=O) groups is 1. The van der Waals surface area contributed by atoms with Crippen molar-refractivity contribution in [2.45, 2.75) is 12.1 Å². The molecule has 0 aliphatic carbocycles. The molecule has 200 valence electrons. The highest BCUT2D eigenvalue weighted by molar-refractivity contribution is 7.80. The largest absolute Gasteiger partial charge is 0.497 e. The first kappa shape index (κ1) is 26.2. The predicted octanol–water partition coefficient (Wildman–Crippen LogP) is 4.65. The Balaban J connectivity index is 1.63. The Labute approximate surface area is 232 Å². The monoisotopic (exact) mass is 543 g/mol. The highest BCUT2D eigenvalue weighted by Crippen LogP contribution is 2.44. The minimum absolute atomic E-state index is 0.0739. The van der Waals surface area contributed by atoms with Crippen LogP contribution < -0.4 is 25.0 Å². The number of anilines is 2. The number of aromatic nitrogens is 2. The molecule has 1 aliphatic rings. The van der Waals surface area contributed by atoms with Crippen molar-refractivity contribution in [1.82, 2.24) is 14.9 Å².